The molecule has 2 atom stereocenters. The Balaban J connectivity index is 2.27. The Morgan fingerprint density at radius 3 is 2.67 bits per heavy atom. The summed E-state index contributed by atoms with van der Waals surface area (Å²) in [6, 6.07) is 0.483. The van der Waals surface area contributed by atoms with Crippen LogP contribution in [0.3, 0.4) is 0 Å². The van der Waals surface area contributed by atoms with Crippen molar-refractivity contribution in [3.05, 3.63) is 11.1 Å². The fourth-order valence-electron chi connectivity index (χ4n) is 2.37. The largest absolute Gasteiger partial charge is 0.298 e. The lowest BCUT2D eigenvalue weighted by molar-refractivity contribution is 0.359. The SMILES string of the molecule is CSC1CCCCC1n1c(C)nnc1Cl. The van der Waals surface area contributed by atoms with Crippen molar-refractivity contribution < 1.29 is 0 Å². The Morgan fingerprint density at radius 2 is 2.07 bits per heavy atom. The van der Waals surface area contributed by atoms with Gasteiger partial charge in [0.25, 0.3) is 0 Å². The maximum Gasteiger partial charge on any atom is 0.225 e. The lowest BCUT2D eigenvalue weighted by Crippen LogP contribution is -2.26. The van der Waals surface area contributed by atoms with E-state index in [1.807, 2.05) is 18.7 Å². The van der Waals surface area contributed by atoms with Crippen molar-refractivity contribution in [2.75, 3.05) is 6.26 Å². The Labute approximate surface area is 99.6 Å². The van der Waals surface area contributed by atoms with E-state index in [0.717, 1.165) is 5.82 Å². The zero-order valence-electron chi connectivity index (χ0n) is 9.11. The van der Waals surface area contributed by atoms with Crippen LogP contribution in [0.15, 0.2) is 0 Å². The molecule has 0 saturated heterocycles. The van der Waals surface area contributed by atoms with Gasteiger partial charge >= 0.3 is 0 Å². The molecular formula is C10H16ClN3S. The number of aryl methyl sites for hydroxylation is 1. The van der Waals surface area contributed by atoms with Gasteiger partial charge in [0, 0.05) is 11.3 Å². The van der Waals surface area contributed by atoms with E-state index in [0.29, 0.717) is 16.6 Å². The first-order chi connectivity index (χ1) is 7.24. The molecule has 2 unspecified atom stereocenters. The van der Waals surface area contributed by atoms with Crippen LogP contribution in [-0.4, -0.2) is 26.3 Å². The summed E-state index contributed by atoms with van der Waals surface area (Å²) < 4.78 is 2.10. The first-order valence-electron chi connectivity index (χ1n) is 5.34. The Bertz CT molecular complexity index is 320. The standard InChI is InChI=1S/C10H16ClN3S/c1-7-12-13-10(11)14(7)8-5-3-4-6-9(8)15-2/h8-9H,3-6H2,1-2H3. The second kappa shape index (κ2) is 4.74. The summed E-state index contributed by atoms with van der Waals surface area (Å²) >= 11 is 8.02. The van der Waals surface area contributed by atoms with Crippen LogP contribution in [0.2, 0.25) is 5.28 Å². The molecule has 1 saturated carbocycles. The molecule has 3 nitrogen and oxygen atoms in total. The maximum atomic E-state index is 6.08. The predicted octanol–water partition coefficient (Wildman–Crippen LogP) is 3.09. The molecule has 1 heterocycles. The molecule has 5 heteroatoms. The van der Waals surface area contributed by atoms with E-state index in [1.165, 1.54) is 25.7 Å². The van der Waals surface area contributed by atoms with Crippen molar-refractivity contribution in [2.24, 2.45) is 0 Å². The molecule has 0 N–H and O–H groups in total. The smallest absolute Gasteiger partial charge is 0.225 e. The van der Waals surface area contributed by atoms with Gasteiger partial charge in [-0.15, -0.1) is 10.2 Å². The summed E-state index contributed by atoms with van der Waals surface area (Å²) in [5.41, 5.74) is 0. The quantitative estimate of drug-likeness (QED) is 0.802. The molecule has 84 valence electrons. The maximum absolute atomic E-state index is 6.08. The highest BCUT2D eigenvalue weighted by atomic mass is 35.5. The molecule has 1 aromatic heterocycles. The van der Waals surface area contributed by atoms with E-state index in [2.05, 4.69) is 21.0 Å². The van der Waals surface area contributed by atoms with Crippen molar-refractivity contribution in [2.45, 2.75) is 43.9 Å². The molecule has 0 bridgehead atoms. The molecule has 0 aliphatic heterocycles. The minimum atomic E-state index is 0.483. The molecule has 0 amide bonds. The summed E-state index contributed by atoms with van der Waals surface area (Å²) in [6.07, 6.45) is 7.27. The first kappa shape index (κ1) is 11.3. The summed E-state index contributed by atoms with van der Waals surface area (Å²) in [5.74, 6) is 0.936. The van der Waals surface area contributed by atoms with E-state index >= 15 is 0 Å². The molecule has 2 rings (SSSR count). The molecule has 0 spiro atoms. The average Bonchev–Trinajstić information content (AvgIpc) is 2.59. The van der Waals surface area contributed by atoms with Gasteiger partial charge in [-0.1, -0.05) is 12.8 Å². The van der Waals surface area contributed by atoms with Crippen LogP contribution in [0.5, 0.6) is 0 Å². The zero-order chi connectivity index (χ0) is 10.8. The highest BCUT2D eigenvalue weighted by Gasteiger charge is 2.28. The van der Waals surface area contributed by atoms with E-state index in [-0.39, 0.29) is 0 Å². The summed E-state index contributed by atoms with van der Waals surface area (Å²) in [5, 5.41) is 9.16. The summed E-state index contributed by atoms with van der Waals surface area (Å²) in [4.78, 5) is 0. The van der Waals surface area contributed by atoms with Crippen molar-refractivity contribution in [3.63, 3.8) is 0 Å². The molecule has 1 fully saturated rings. The van der Waals surface area contributed by atoms with Gasteiger partial charge in [-0.2, -0.15) is 11.8 Å². The monoisotopic (exact) mass is 245 g/mol. The van der Waals surface area contributed by atoms with Gasteiger partial charge in [0.15, 0.2) is 0 Å². The second-order valence-electron chi connectivity index (χ2n) is 4.01. The highest BCUT2D eigenvalue weighted by Crippen LogP contribution is 2.37. The van der Waals surface area contributed by atoms with Crippen LogP contribution in [0, 0.1) is 6.92 Å². The van der Waals surface area contributed by atoms with Crippen LogP contribution in [0.1, 0.15) is 37.5 Å². The van der Waals surface area contributed by atoms with Gasteiger partial charge in [0.1, 0.15) is 5.82 Å². The lowest BCUT2D eigenvalue weighted by atomic mass is 9.94. The van der Waals surface area contributed by atoms with E-state index in [1.54, 1.807) is 0 Å². The Hall–Kier alpha value is -0.220. The molecule has 0 radical (unpaired) electrons. The fraction of sp³-hybridized carbons (Fsp3) is 0.800. The minimum absolute atomic E-state index is 0.483. The van der Waals surface area contributed by atoms with E-state index < -0.39 is 0 Å². The third-order valence-electron chi connectivity index (χ3n) is 3.13. The number of rotatable bonds is 2. The van der Waals surface area contributed by atoms with E-state index in [9.17, 15) is 0 Å². The Morgan fingerprint density at radius 1 is 1.33 bits per heavy atom. The van der Waals surface area contributed by atoms with Gasteiger partial charge in [-0.25, -0.2) is 0 Å². The van der Waals surface area contributed by atoms with Gasteiger partial charge in [-0.05, 0) is 37.6 Å². The van der Waals surface area contributed by atoms with Gasteiger partial charge < -0.3 is 0 Å². The molecule has 1 aromatic rings. The van der Waals surface area contributed by atoms with E-state index in [4.69, 9.17) is 11.6 Å². The Kier molecular flexibility index (Phi) is 3.57. The topological polar surface area (TPSA) is 30.7 Å². The van der Waals surface area contributed by atoms with Crippen LogP contribution >= 0.6 is 23.4 Å². The predicted molar refractivity (Wildman–Crippen MR) is 64.6 cm³/mol. The molecule has 0 aromatic carbocycles. The number of halogens is 1. The van der Waals surface area contributed by atoms with Gasteiger partial charge in [-0.3, -0.25) is 4.57 Å². The number of nitrogens with zero attached hydrogens (tertiary/aromatic N) is 3. The van der Waals surface area contributed by atoms with Crippen LogP contribution < -0.4 is 0 Å². The molecule has 1 aliphatic carbocycles. The number of hydrogen-bond acceptors (Lipinski definition) is 3. The normalized spacial score (nSPS) is 26.9. The van der Waals surface area contributed by atoms with Crippen molar-refractivity contribution in [3.8, 4) is 0 Å². The van der Waals surface area contributed by atoms with Gasteiger partial charge in [0.05, 0.1) is 0 Å². The number of hydrogen-bond donors (Lipinski definition) is 0. The number of thioether (sulfide) groups is 1. The van der Waals surface area contributed by atoms with Crippen LogP contribution in [-0.2, 0) is 0 Å². The van der Waals surface area contributed by atoms with Crippen molar-refractivity contribution in [1.82, 2.24) is 14.8 Å². The number of aromatic nitrogens is 3. The highest BCUT2D eigenvalue weighted by molar-refractivity contribution is 7.99. The third kappa shape index (κ3) is 2.16. The van der Waals surface area contributed by atoms with Crippen LogP contribution in [0.4, 0.5) is 0 Å². The molecule has 1 aliphatic rings. The lowest BCUT2D eigenvalue weighted by Gasteiger charge is -2.31. The minimum Gasteiger partial charge on any atom is -0.298 e. The fourth-order valence-corrected chi connectivity index (χ4v) is 3.63. The molecular weight excluding hydrogens is 230 g/mol. The first-order valence-corrected chi connectivity index (χ1v) is 7.00. The van der Waals surface area contributed by atoms with Crippen molar-refractivity contribution >= 4 is 23.4 Å². The zero-order valence-corrected chi connectivity index (χ0v) is 10.7. The summed E-state index contributed by atoms with van der Waals surface area (Å²) in [6.45, 7) is 1.98. The second-order valence-corrected chi connectivity index (χ2v) is 5.43. The third-order valence-corrected chi connectivity index (χ3v) is 4.54. The average molecular weight is 246 g/mol. The van der Waals surface area contributed by atoms with Crippen LogP contribution in [0.25, 0.3) is 0 Å². The van der Waals surface area contributed by atoms with Gasteiger partial charge in [0.2, 0.25) is 5.28 Å². The summed E-state index contributed by atoms with van der Waals surface area (Å²) in [7, 11) is 0. The molecule has 15 heavy (non-hydrogen) atoms. The van der Waals surface area contributed by atoms with Crippen molar-refractivity contribution in [1.29, 1.82) is 0 Å².